The molecule has 1 aliphatic heterocycles. The third-order valence-corrected chi connectivity index (χ3v) is 5.22. The number of fused-ring (bicyclic) bond motifs is 1. The van der Waals surface area contributed by atoms with Crippen molar-refractivity contribution < 1.29 is 14.6 Å². The number of para-hydroxylation sites is 1. The molecule has 1 aromatic carbocycles. The van der Waals surface area contributed by atoms with Gasteiger partial charge in [-0.3, -0.25) is 9.59 Å². The summed E-state index contributed by atoms with van der Waals surface area (Å²) in [7, 11) is 0. The maximum Gasteiger partial charge on any atom is 0.256 e. The number of rotatable bonds is 4. The van der Waals surface area contributed by atoms with E-state index in [0.29, 0.717) is 18.0 Å². The van der Waals surface area contributed by atoms with Crippen LogP contribution in [0, 0.1) is 0 Å². The number of H-pyrrole nitrogens is 2. The highest BCUT2D eigenvalue weighted by Gasteiger charge is 2.29. The van der Waals surface area contributed by atoms with Gasteiger partial charge in [0.25, 0.3) is 5.82 Å². The average Bonchev–Trinajstić information content (AvgIpc) is 3.30. The van der Waals surface area contributed by atoms with Gasteiger partial charge in [-0.2, -0.15) is 0 Å². The largest absolute Gasteiger partial charge is 0.340 e. The second kappa shape index (κ2) is 6.78. The first-order chi connectivity index (χ1) is 12.6. The second-order valence-electron chi connectivity index (χ2n) is 6.96. The van der Waals surface area contributed by atoms with E-state index in [4.69, 9.17) is 0 Å². The molecule has 4 rings (SSSR count). The third-order valence-electron chi connectivity index (χ3n) is 5.22. The summed E-state index contributed by atoms with van der Waals surface area (Å²) in [4.78, 5) is 33.2. The number of nitrogens with one attached hydrogen (secondary N) is 2. The van der Waals surface area contributed by atoms with E-state index < -0.39 is 0 Å². The molecule has 0 aliphatic carbocycles. The lowest BCUT2D eigenvalue weighted by Crippen LogP contribution is -2.41. The first kappa shape index (κ1) is 16.6. The van der Waals surface area contributed by atoms with Crippen molar-refractivity contribution in [1.82, 2.24) is 14.5 Å². The molecule has 134 valence electrons. The summed E-state index contributed by atoms with van der Waals surface area (Å²) in [6, 6.07) is 7.75. The molecule has 0 radical (unpaired) electrons. The number of hydrogen-bond donors (Lipinski definition) is 1. The lowest BCUT2D eigenvalue weighted by atomic mass is 9.97. The number of piperidine rings is 1. The zero-order valence-corrected chi connectivity index (χ0v) is 14.9. The molecule has 3 aromatic rings. The number of aromatic nitrogens is 3. The molecule has 0 saturated carbocycles. The highest BCUT2D eigenvalue weighted by atomic mass is 16.2. The van der Waals surface area contributed by atoms with Crippen LogP contribution in [-0.4, -0.2) is 39.2 Å². The Morgan fingerprint density at radius 2 is 2.15 bits per heavy atom. The van der Waals surface area contributed by atoms with E-state index >= 15 is 0 Å². The van der Waals surface area contributed by atoms with Crippen molar-refractivity contribution in [2.45, 2.75) is 32.2 Å². The highest BCUT2D eigenvalue weighted by molar-refractivity contribution is 6.07. The standard InChI is InChI=1S/C20H22N4O2/c1-14(25)17-12-24(18-7-3-2-6-16(17)18)13-19(26)23-10-4-5-15(11-23)20-21-8-9-22-20/h2-3,6-9,12,15H,4-5,10-11,13H2,1H3,(H,21,22)/p+1/t15-/m0/s1. The fourth-order valence-corrected chi connectivity index (χ4v) is 3.88. The number of imidazole rings is 1. The fourth-order valence-electron chi connectivity index (χ4n) is 3.88. The third kappa shape index (κ3) is 3.03. The van der Waals surface area contributed by atoms with Gasteiger partial charge in [-0.25, -0.2) is 9.97 Å². The average molecular weight is 351 g/mol. The highest BCUT2D eigenvalue weighted by Crippen LogP contribution is 2.25. The second-order valence-corrected chi connectivity index (χ2v) is 6.96. The first-order valence-electron chi connectivity index (χ1n) is 9.05. The van der Waals surface area contributed by atoms with Crippen LogP contribution >= 0.6 is 0 Å². The van der Waals surface area contributed by atoms with Crippen molar-refractivity contribution in [3.63, 3.8) is 0 Å². The van der Waals surface area contributed by atoms with Crippen LogP contribution in [0.5, 0.6) is 0 Å². The zero-order valence-electron chi connectivity index (χ0n) is 14.9. The number of benzene rings is 1. The minimum Gasteiger partial charge on any atom is -0.340 e. The number of likely N-dealkylation sites (tertiary alicyclic amines) is 1. The quantitative estimate of drug-likeness (QED) is 0.733. The SMILES string of the molecule is CC(=O)c1cn(CC(=O)N2CCC[C@H](c3[nH]cc[nH+]3)C2)c2ccccc12. The van der Waals surface area contributed by atoms with Gasteiger partial charge < -0.3 is 9.47 Å². The molecule has 2 N–H and O–H groups in total. The molecule has 0 spiro atoms. The van der Waals surface area contributed by atoms with Crippen LogP contribution in [0.4, 0.5) is 0 Å². The van der Waals surface area contributed by atoms with Gasteiger partial charge >= 0.3 is 0 Å². The lowest BCUT2D eigenvalue weighted by Gasteiger charge is -2.30. The zero-order chi connectivity index (χ0) is 18.1. The molecule has 1 saturated heterocycles. The molecule has 1 atom stereocenters. The molecule has 6 nitrogen and oxygen atoms in total. The maximum absolute atomic E-state index is 12.9. The Morgan fingerprint density at radius 1 is 1.31 bits per heavy atom. The van der Waals surface area contributed by atoms with Gasteiger partial charge in [0.1, 0.15) is 18.9 Å². The van der Waals surface area contributed by atoms with Crippen molar-refractivity contribution in [1.29, 1.82) is 0 Å². The van der Waals surface area contributed by atoms with E-state index in [1.807, 2.05) is 52.3 Å². The summed E-state index contributed by atoms with van der Waals surface area (Å²) in [5.41, 5.74) is 1.60. The summed E-state index contributed by atoms with van der Waals surface area (Å²) in [6.07, 6.45) is 7.64. The van der Waals surface area contributed by atoms with Crippen molar-refractivity contribution in [2.75, 3.05) is 13.1 Å². The number of hydrogen-bond acceptors (Lipinski definition) is 2. The number of carbonyl (C=O) groups excluding carboxylic acids is 2. The number of nitrogens with zero attached hydrogens (tertiary/aromatic N) is 2. The molecule has 1 fully saturated rings. The van der Waals surface area contributed by atoms with Crippen LogP contribution in [-0.2, 0) is 11.3 Å². The van der Waals surface area contributed by atoms with Gasteiger partial charge in [-0.1, -0.05) is 18.2 Å². The Morgan fingerprint density at radius 3 is 2.92 bits per heavy atom. The molecular weight excluding hydrogens is 328 g/mol. The van der Waals surface area contributed by atoms with E-state index in [2.05, 4.69) is 9.97 Å². The summed E-state index contributed by atoms with van der Waals surface area (Å²) >= 11 is 0. The van der Waals surface area contributed by atoms with E-state index in [0.717, 1.165) is 36.1 Å². The minimum absolute atomic E-state index is 0.0210. The van der Waals surface area contributed by atoms with Crippen molar-refractivity contribution >= 4 is 22.6 Å². The first-order valence-corrected chi connectivity index (χ1v) is 9.05. The maximum atomic E-state index is 12.9. The smallest absolute Gasteiger partial charge is 0.256 e. The summed E-state index contributed by atoms with van der Waals surface area (Å²) in [5, 5.41) is 0.908. The molecule has 2 aromatic heterocycles. The van der Waals surface area contributed by atoms with Crippen LogP contribution in [0.15, 0.2) is 42.9 Å². The number of amides is 1. The Balaban J connectivity index is 1.55. The number of Topliss-reactive ketones (excluding diaryl/α,β-unsaturated/α-hetero) is 1. The van der Waals surface area contributed by atoms with Gasteiger partial charge in [0.15, 0.2) is 5.78 Å². The van der Waals surface area contributed by atoms with Crippen LogP contribution in [0.2, 0.25) is 0 Å². The van der Waals surface area contributed by atoms with Crippen molar-refractivity contribution in [3.05, 3.63) is 54.2 Å². The summed E-state index contributed by atoms with van der Waals surface area (Å²) in [5.74, 6) is 1.51. The molecule has 0 bridgehead atoms. The molecule has 26 heavy (non-hydrogen) atoms. The van der Waals surface area contributed by atoms with Gasteiger partial charge in [0.05, 0.1) is 5.92 Å². The number of aromatic amines is 2. The van der Waals surface area contributed by atoms with Crippen LogP contribution in [0.1, 0.15) is 41.9 Å². The predicted molar refractivity (Wildman–Crippen MR) is 97.8 cm³/mol. The van der Waals surface area contributed by atoms with Gasteiger partial charge in [0, 0.05) is 35.8 Å². The number of carbonyl (C=O) groups is 2. The van der Waals surface area contributed by atoms with E-state index in [9.17, 15) is 9.59 Å². The van der Waals surface area contributed by atoms with Gasteiger partial charge in [-0.05, 0) is 25.8 Å². The predicted octanol–water partition coefficient (Wildman–Crippen LogP) is 2.39. The molecular formula is C20H23N4O2+. The molecule has 6 heteroatoms. The Bertz CT molecular complexity index is 942. The minimum atomic E-state index is 0.0210. The van der Waals surface area contributed by atoms with Gasteiger partial charge in [0.2, 0.25) is 5.91 Å². The Hall–Kier alpha value is -2.89. The van der Waals surface area contributed by atoms with Crippen molar-refractivity contribution in [2.24, 2.45) is 0 Å². The van der Waals surface area contributed by atoms with E-state index in [1.165, 1.54) is 0 Å². The van der Waals surface area contributed by atoms with Crippen LogP contribution in [0.25, 0.3) is 10.9 Å². The van der Waals surface area contributed by atoms with Gasteiger partial charge in [-0.15, -0.1) is 0 Å². The van der Waals surface area contributed by atoms with E-state index in [1.54, 1.807) is 6.92 Å². The van der Waals surface area contributed by atoms with Crippen LogP contribution in [0.3, 0.4) is 0 Å². The Labute approximate surface area is 151 Å². The number of ketones is 1. The fraction of sp³-hybridized carbons (Fsp3) is 0.350. The summed E-state index contributed by atoms with van der Waals surface area (Å²) < 4.78 is 1.90. The lowest BCUT2D eigenvalue weighted by molar-refractivity contribution is -0.391. The molecule has 1 aliphatic rings. The Kier molecular flexibility index (Phi) is 4.32. The molecule has 0 unspecified atom stereocenters. The molecule has 3 heterocycles. The molecule has 1 amide bonds. The topological polar surface area (TPSA) is 72.2 Å². The van der Waals surface area contributed by atoms with Crippen LogP contribution < -0.4 is 4.98 Å². The van der Waals surface area contributed by atoms with E-state index in [-0.39, 0.29) is 18.2 Å². The summed E-state index contributed by atoms with van der Waals surface area (Å²) in [6.45, 7) is 3.33. The van der Waals surface area contributed by atoms with Crippen molar-refractivity contribution in [3.8, 4) is 0 Å². The monoisotopic (exact) mass is 351 g/mol. The normalized spacial score (nSPS) is 17.6.